The zero-order valence-electron chi connectivity index (χ0n) is 14.4. The molecular weight excluding hydrogens is 320 g/mol. The summed E-state index contributed by atoms with van der Waals surface area (Å²) in [6.07, 6.45) is 4.60. The van der Waals surface area contributed by atoms with Crippen molar-refractivity contribution in [3.05, 3.63) is 59.7 Å². The predicted octanol–water partition coefficient (Wildman–Crippen LogP) is 2.88. The minimum Gasteiger partial charge on any atom is -0.497 e. The standard InChI is InChI=1S/C19H20N2O4/c1-23-16-10-7-14(8-11-16)9-12-18(22)21-20-13-15-5-4-6-17(24-2)19(15)25-3/h4-13H,1-3H3,(H,21,22)/b12-9+,20-13-. The van der Waals surface area contributed by atoms with Crippen LogP contribution >= 0.6 is 0 Å². The Kier molecular flexibility index (Phi) is 6.59. The first-order valence-electron chi connectivity index (χ1n) is 7.54. The van der Waals surface area contributed by atoms with Gasteiger partial charge in [0, 0.05) is 11.6 Å². The number of nitrogens with one attached hydrogen (secondary N) is 1. The van der Waals surface area contributed by atoms with E-state index < -0.39 is 0 Å². The van der Waals surface area contributed by atoms with Crippen LogP contribution in [0, 0.1) is 0 Å². The van der Waals surface area contributed by atoms with Gasteiger partial charge < -0.3 is 14.2 Å². The van der Waals surface area contributed by atoms with Crippen LogP contribution in [0.3, 0.4) is 0 Å². The van der Waals surface area contributed by atoms with Gasteiger partial charge in [0.05, 0.1) is 27.5 Å². The van der Waals surface area contributed by atoms with Gasteiger partial charge in [-0.2, -0.15) is 5.10 Å². The summed E-state index contributed by atoms with van der Waals surface area (Å²) >= 11 is 0. The van der Waals surface area contributed by atoms with Gasteiger partial charge in [0.2, 0.25) is 0 Å². The molecule has 0 fully saturated rings. The van der Waals surface area contributed by atoms with Crippen molar-refractivity contribution in [1.29, 1.82) is 0 Å². The topological polar surface area (TPSA) is 69.2 Å². The number of benzene rings is 2. The first-order valence-corrected chi connectivity index (χ1v) is 7.54. The number of ether oxygens (including phenoxy) is 3. The van der Waals surface area contributed by atoms with Crippen molar-refractivity contribution < 1.29 is 19.0 Å². The van der Waals surface area contributed by atoms with Crippen LogP contribution in [-0.4, -0.2) is 33.5 Å². The van der Waals surface area contributed by atoms with Crippen LogP contribution < -0.4 is 19.6 Å². The van der Waals surface area contributed by atoms with E-state index in [1.54, 1.807) is 33.5 Å². The van der Waals surface area contributed by atoms with E-state index in [2.05, 4.69) is 10.5 Å². The maximum Gasteiger partial charge on any atom is 0.264 e. The molecule has 0 radical (unpaired) electrons. The fraction of sp³-hybridized carbons (Fsp3) is 0.158. The summed E-state index contributed by atoms with van der Waals surface area (Å²) < 4.78 is 15.6. The van der Waals surface area contributed by atoms with Gasteiger partial charge in [-0.15, -0.1) is 0 Å². The summed E-state index contributed by atoms with van der Waals surface area (Å²) in [7, 11) is 4.71. The van der Waals surface area contributed by atoms with Gasteiger partial charge in [-0.25, -0.2) is 5.43 Å². The second-order valence-corrected chi connectivity index (χ2v) is 4.92. The van der Waals surface area contributed by atoms with E-state index >= 15 is 0 Å². The molecule has 0 aliphatic heterocycles. The lowest BCUT2D eigenvalue weighted by molar-refractivity contribution is -0.116. The Morgan fingerprint density at radius 3 is 2.40 bits per heavy atom. The van der Waals surface area contributed by atoms with Crippen molar-refractivity contribution in [3.8, 4) is 17.2 Å². The van der Waals surface area contributed by atoms with E-state index in [4.69, 9.17) is 14.2 Å². The second kappa shape index (κ2) is 9.12. The van der Waals surface area contributed by atoms with Crippen molar-refractivity contribution in [1.82, 2.24) is 5.43 Å². The Balaban J connectivity index is 1.97. The van der Waals surface area contributed by atoms with Gasteiger partial charge >= 0.3 is 0 Å². The summed E-state index contributed by atoms with van der Waals surface area (Å²) in [5.74, 6) is 1.57. The van der Waals surface area contributed by atoms with Crippen LogP contribution in [0.4, 0.5) is 0 Å². The zero-order valence-corrected chi connectivity index (χ0v) is 14.4. The summed E-state index contributed by atoms with van der Waals surface area (Å²) in [5.41, 5.74) is 4.01. The lowest BCUT2D eigenvalue weighted by Crippen LogP contribution is -2.14. The minimum atomic E-state index is -0.339. The molecule has 1 N–H and O–H groups in total. The molecule has 0 bridgehead atoms. The number of nitrogens with zero attached hydrogens (tertiary/aromatic N) is 1. The van der Waals surface area contributed by atoms with Gasteiger partial charge in [0.1, 0.15) is 5.75 Å². The highest BCUT2D eigenvalue weighted by atomic mass is 16.5. The number of methoxy groups -OCH3 is 3. The molecule has 0 spiro atoms. The van der Waals surface area contributed by atoms with E-state index in [0.717, 1.165) is 11.3 Å². The number of hydrogen-bond acceptors (Lipinski definition) is 5. The first-order chi connectivity index (χ1) is 12.2. The minimum absolute atomic E-state index is 0.339. The van der Waals surface area contributed by atoms with Crippen LogP contribution in [0.5, 0.6) is 17.2 Å². The smallest absolute Gasteiger partial charge is 0.264 e. The third kappa shape index (κ3) is 5.10. The van der Waals surface area contributed by atoms with Gasteiger partial charge in [0.25, 0.3) is 5.91 Å². The Labute approximate surface area is 146 Å². The monoisotopic (exact) mass is 340 g/mol. The van der Waals surface area contributed by atoms with Crippen LogP contribution in [0.15, 0.2) is 53.6 Å². The summed E-state index contributed by atoms with van der Waals surface area (Å²) in [4.78, 5) is 11.8. The summed E-state index contributed by atoms with van der Waals surface area (Å²) in [5, 5.41) is 3.93. The lowest BCUT2D eigenvalue weighted by atomic mass is 10.2. The van der Waals surface area contributed by atoms with Crippen LogP contribution in [-0.2, 0) is 4.79 Å². The SMILES string of the molecule is COc1ccc(/C=C/C(=O)N/N=C\c2cccc(OC)c2OC)cc1. The van der Waals surface area contributed by atoms with Crippen molar-refractivity contribution in [3.63, 3.8) is 0 Å². The molecule has 6 heteroatoms. The summed E-state index contributed by atoms with van der Waals surface area (Å²) in [6, 6.07) is 12.8. The normalized spacial score (nSPS) is 10.8. The molecule has 0 aliphatic carbocycles. The van der Waals surface area contributed by atoms with E-state index in [1.807, 2.05) is 36.4 Å². The Morgan fingerprint density at radius 2 is 1.76 bits per heavy atom. The Morgan fingerprint density at radius 1 is 1.00 bits per heavy atom. The maximum atomic E-state index is 11.8. The molecule has 130 valence electrons. The number of carbonyl (C=O) groups excluding carboxylic acids is 1. The molecule has 6 nitrogen and oxygen atoms in total. The Hall–Kier alpha value is -3.28. The third-order valence-corrected chi connectivity index (χ3v) is 3.35. The van der Waals surface area contributed by atoms with E-state index in [-0.39, 0.29) is 5.91 Å². The van der Waals surface area contributed by atoms with Crippen molar-refractivity contribution in [2.24, 2.45) is 5.10 Å². The van der Waals surface area contributed by atoms with Crippen LogP contribution in [0.1, 0.15) is 11.1 Å². The van der Waals surface area contributed by atoms with E-state index in [0.29, 0.717) is 17.1 Å². The molecule has 0 aliphatic rings. The third-order valence-electron chi connectivity index (χ3n) is 3.35. The summed E-state index contributed by atoms with van der Waals surface area (Å²) in [6.45, 7) is 0. The molecule has 2 rings (SSSR count). The molecule has 25 heavy (non-hydrogen) atoms. The second-order valence-electron chi connectivity index (χ2n) is 4.92. The lowest BCUT2D eigenvalue weighted by Gasteiger charge is -2.09. The van der Waals surface area contributed by atoms with Crippen LogP contribution in [0.25, 0.3) is 6.08 Å². The molecular formula is C19H20N2O4. The quantitative estimate of drug-likeness (QED) is 0.478. The molecule has 0 aromatic heterocycles. The average molecular weight is 340 g/mol. The highest BCUT2D eigenvalue weighted by molar-refractivity contribution is 5.93. The largest absolute Gasteiger partial charge is 0.497 e. The highest BCUT2D eigenvalue weighted by Gasteiger charge is 2.07. The fourth-order valence-corrected chi connectivity index (χ4v) is 2.10. The van der Waals surface area contributed by atoms with E-state index in [9.17, 15) is 4.79 Å². The number of para-hydroxylation sites is 1. The number of hydrogen-bond donors (Lipinski definition) is 1. The van der Waals surface area contributed by atoms with Crippen molar-refractivity contribution in [2.75, 3.05) is 21.3 Å². The van der Waals surface area contributed by atoms with Gasteiger partial charge in [-0.05, 0) is 35.9 Å². The fourth-order valence-electron chi connectivity index (χ4n) is 2.10. The maximum absolute atomic E-state index is 11.8. The molecule has 2 aromatic carbocycles. The molecule has 1 amide bonds. The molecule has 0 atom stereocenters. The molecule has 2 aromatic rings. The molecule has 0 saturated carbocycles. The number of hydrazone groups is 1. The number of carbonyl (C=O) groups is 1. The first kappa shape index (κ1) is 18.1. The number of amides is 1. The van der Waals surface area contributed by atoms with Crippen molar-refractivity contribution >= 4 is 18.2 Å². The highest BCUT2D eigenvalue weighted by Crippen LogP contribution is 2.29. The number of rotatable bonds is 7. The van der Waals surface area contributed by atoms with Gasteiger partial charge in [-0.1, -0.05) is 18.2 Å². The van der Waals surface area contributed by atoms with Crippen molar-refractivity contribution in [2.45, 2.75) is 0 Å². The average Bonchev–Trinajstić information content (AvgIpc) is 2.66. The Bertz CT molecular complexity index is 767. The molecule has 0 heterocycles. The van der Waals surface area contributed by atoms with E-state index in [1.165, 1.54) is 12.3 Å². The zero-order chi connectivity index (χ0) is 18.1. The predicted molar refractivity (Wildman–Crippen MR) is 97.3 cm³/mol. The van der Waals surface area contributed by atoms with Gasteiger partial charge in [-0.3, -0.25) is 4.79 Å². The molecule has 0 unspecified atom stereocenters. The van der Waals surface area contributed by atoms with Gasteiger partial charge in [0.15, 0.2) is 11.5 Å². The van der Waals surface area contributed by atoms with Crippen LogP contribution in [0.2, 0.25) is 0 Å². The molecule has 0 saturated heterocycles.